The Bertz CT molecular complexity index is 759. The van der Waals surface area contributed by atoms with Crippen LogP contribution in [0.4, 0.5) is 17.3 Å². The molecule has 2 N–H and O–H groups in total. The Hall–Kier alpha value is -2.21. The van der Waals surface area contributed by atoms with Crippen molar-refractivity contribution in [3.05, 3.63) is 47.3 Å². The lowest BCUT2D eigenvalue weighted by atomic mass is 10.2. The summed E-state index contributed by atoms with van der Waals surface area (Å²) in [6.45, 7) is 0. The lowest BCUT2D eigenvalue weighted by Gasteiger charge is -2.09. The highest BCUT2D eigenvalue weighted by Gasteiger charge is 2.04. The molecule has 0 saturated carbocycles. The summed E-state index contributed by atoms with van der Waals surface area (Å²) in [7, 11) is 1.82. The van der Waals surface area contributed by atoms with Gasteiger partial charge in [0.15, 0.2) is 0 Å². The summed E-state index contributed by atoms with van der Waals surface area (Å²) in [4.78, 5) is 12.7. The zero-order valence-electron chi connectivity index (χ0n) is 10.8. The summed E-state index contributed by atoms with van der Waals surface area (Å²) in [5.41, 5.74) is 1.82. The maximum atomic E-state index is 4.45. The molecule has 0 aliphatic carbocycles. The first-order chi connectivity index (χ1) is 9.76. The van der Waals surface area contributed by atoms with Crippen molar-refractivity contribution in [2.24, 2.45) is 0 Å². The molecule has 2 aromatic heterocycles. The predicted octanol–water partition coefficient (Wildman–Crippen LogP) is 3.57. The third-order valence-corrected chi connectivity index (χ3v) is 3.30. The Balaban J connectivity index is 2.02. The highest BCUT2D eigenvalue weighted by molar-refractivity contribution is 9.10. The summed E-state index contributed by atoms with van der Waals surface area (Å²) in [5, 5.41) is 7.32. The fourth-order valence-electron chi connectivity index (χ4n) is 1.94. The van der Waals surface area contributed by atoms with E-state index in [4.69, 9.17) is 0 Å². The molecule has 0 aliphatic heterocycles. The van der Waals surface area contributed by atoms with Crippen LogP contribution < -0.4 is 10.6 Å². The van der Waals surface area contributed by atoms with E-state index < -0.39 is 0 Å². The van der Waals surface area contributed by atoms with E-state index >= 15 is 0 Å². The molecule has 0 saturated heterocycles. The van der Waals surface area contributed by atoms with Gasteiger partial charge < -0.3 is 10.6 Å². The molecule has 0 unspecified atom stereocenters. The number of pyridine rings is 1. The van der Waals surface area contributed by atoms with Crippen LogP contribution in [0.1, 0.15) is 0 Å². The first kappa shape index (κ1) is 12.8. The van der Waals surface area contributed by atoms with Gasteiger partial charge in [0.2, 0.25) is 0 Å². The van der Waals surface area contributed by atoms with Gasteiger partial charge in [-0.15, -0.1) is 0 Å². The van der Waals surface area contributed by atoms with Gasteiger partial charge in [-0.3, -0.25) is 4.98 Å². The molecule has 6 heteroatoms. The summed E-state index contributed by atoms with van der Waals surface area (Å²) in [6, 6.07) is 9.87. The van der Waals surface area contributed by atoms with Gasteiger partial charge >= 0.3 is 0 Å². The smallest absolute Gasteiger partial charge is 0.135 e. The molecule has 0 spiro atoms. The van der Waals surface area contributed by atoms with Gasteiger partial charge in [-0.05, 0) is 28.1 Å². The molecule has 0 radical (unpaired) electrons. The van der Waals surface area contributed by atoms with E-state index in [0.29, 0.717) is 0 Å². The third kappa shape index (κ3) is 2.55. The second-order valence-corrected chi connectivity index (χ2v) is 5.11. The van der Waals surface area contributed by atoms with E-state index in [1.165, 1.54) is 6.33 Å². The predicted molar refractivity (Wildman–Crippen MR) is 84.3 cm³/mol. The number of hydrogen-bond donors (Lipinski definition) is 2. The van der Waals surface area contributed by atoms with Crippen molar-refractivity contribution < 1.29 is 0 Å². The van der Waals surface area contributed by atoms with Crippen LogP contribution in [0, 0.1) is 0 Å². The Morgan fingerprint density at radius 3 is 2.75 bits per heavy atom. The Labute approximate surface area is 124 Å². The number of rotatable bonds is 3. The lowest BCUT2D eigenvalue weighted by Crippen LogP contribution is -1.98. The average Bonchev–Trinajstić information content (AvgIpc) is 2.47. The monoisotopic (exact) mass is 329 g/mol. The van der Waals surface area contributed by atoms with E-state index in [-0.39, 0.29) is 0 Å². The Kier molecular flexibility index (Phi) is 3.47. The standard InChI is InChI=1S/C14H12BrN5/c1-16-12-6-13(19-8-18-12)20-11-4-2-3-9-5-10(15)7-17-14(9)11/h2-8H,1H3,(H2,16,18,19,20). The molecule has 0 aliphatic rings. The molecule has 3 rings (SSSR count). The number of nitrogens with zero attached hydrogens (tertiary/aromatic N) is 3. The quantitative estimate of drug-likeness (QED) is 0.769. The maximum absolute atomic E-state index is 4.45. The van der Waals surface area contributed by atoms with Crippen LogP contribution in [0.3, 0.4) is 0 Å². The number of hydrogen-bond acceptors (Lipinski definition) is 5. The van der Waals surface area contributed by atoms with Crippen molar-refractivity contribution in [1.29, 1.82) is 0 Å². The Morgan fingerprint density at radius 2 is 1.90 bits per heavy atom. The highest BCUT2D eigenvalue weighted by Crippen LogP contribution is 2.26. The number of anilines is 3. The third-order valence-electron chi connectivity index (χ3n) is 2.86. The van der Waals surface area contributed by atoms with Crippen LogP contribution in [0.25, 0.3) is 10.9 Å². The van der Waals surface area contributed by atoms with Gasteiger partial charge in [0.05, 0.1) is 11.2 Å². The van der Waals surface area contributed by atoms with Gasteiger partial charge in [0.25, 0.3) is 0 Å². The molecular weight excluding hydrogens is 318 g/mol. The summed E-state index contributed by atoms with van der Waals surface area (Å²) < 4.78 is 0.960. The molecule has 3 aromatic rings. The molecule has 0 fully saturated rings. The van der Waals surface area contributed by atoms with Crippen molar-refractivity contribution in [3.8, 4) is 0 Å². The number of nitrogens with one attached hydrogen (secondary N) is 2. The molecule has 100 valence electrons. The molecular formula is C14H12BrN5. The normalized spacial score (nSPS) is 10.5. The maximum Gasteiger partial charge on any atom is 0.135 e. The Morgan fingerprint density at radius 1 is 1.05 bits per heavy atom. The zero-order valence-corrected chi connectivity index (χ0v) is 12.3. The largest absolute Gasteiger partial charge is 0.373 e. The van der Waals surface area contributed by atoms with E-state index in [2.05, 4.69) is 41.5 Å². The topological polar surface area (TPSA) is 62.7 Å². The van der Waals surface area contributed by atoms with E-state index in [1.807, 2.05) is 37.4 Å². The van der Waals surface area contributed by atoms with E-state index in [1.54, 1.807) is 6.20 Å². The van der Waals surface area contributed by atoms with Crippen molar-refractivity contribution >= 4 is 44.2 Å². The summed E-state index contributed by atoms with van der Waals surface area (Å²) >= 11 is 3.43. The SMILES string of the molecule is CNc1cc(Nc2cccc3cc(Br)cnc23)ncn1. The minimum Gasteiger partial charge on any atom is -0.373 e. The van der Waals surface area contributed by atoms with Crippen LogP contribution in [0.15, 0.2) is 47.3 Å². The van der Waals surface area contributed by atoms with Crippen LogP contribution >= 0.6 is 15.9 Å². The summed E-state index contributed by atoms with van der Waals surface area (Å²) in [5.74, 6) is 1.49. The number of halogens is 1. The van der Waals surface area contributed by atoms with Crippen molar-refractivity contribution in [1.82, 2.24) is 15.0 Å². The minimum absolute atomic E-state index is 0.724. The number of benzene rings is 1. The number of fused-ring (bicyclic) bond motifs is 1. The minimum atomic E-state index is 0.724. The van der Waals surface area contributed by atoms with Gasteiger partial charge in [-0.1, -0.05) is 12.1 Å². The second-order valence-electron chi connectivity index (χ2n) is 4.19. The van der Waals surface area contributed by atoms with Crippen LogP contribution in [-0.2, 0) is 0 Å². The van der Waals surface area contributed by atoms with Gasteiger partial charge in [-0.25, -0.2) is 9.97 Å². The first-order valence-electron chi connectivity index (χ1n) is 6.07. The van der Waals surface area contributed by atoms with Crippen LogP contribution in [0.5, 0.6) is 0 Å². The van der Waals surface area contributed by atoms with Gasteiger partial charge in [-0.2, -0.15) is 0 Å². The fourth-order valence-corrected chi connectivity index (χ4v) is 2.28. The van der Waals surface area contributed by atoms with Crippen molar-refractivity contribution in [3.63, 3.8) is 0 Å². The first-order valence-corrected chi connectivity index (χ1v) is 6.86. The zero-order chi connectivity index (χ0) is 13.9. The van der Waals surface area contributed by atoms with E-state index in [0.717, 1.165) is 32.7 Å². The summed E-state index contributed by atoms with van der Waals surface area (Å²) in [6.07, 6.45) is 3.30. The number of aromatic nitrogens is 3. The number of para-hydroxylation sites is 1. The molecule has 0 amide bonds. The van der Waals surface area contributed by atoms with Crippen LogP contribution in [-0.4, -0.2) is 22.0 Å². The lowest BCUT2D eigenvalue weighted by molar-refractivity contribution is 1.16. The molecule has 0 atom stereocenters. The van der Waals surface area contributed by atoms with E-state index in [9.17, 15) is 0 Å². The molecule has 20 heavy (non-hydrogen) atoms. The van der Waals surface area contributed by atoms with Gasteiger partial charge in [0.1, 0.15) is 18.0 Å². The van der Waals surface area contributed by atoms with Crippen molar-refractivity contribution in [2.45, 2.75) is 0 Å². The van der Waals surface area contributed by atoms with Gasteiger partial charge in [0, 0.05) is 29.2 Å². The highest BCUT2D eigenvalue weighted by atomic mass is 79.9. The molecule has 5 nitrogen and oxygen atoms in total. The average molecular weight is 330 g/mol. The molecule has 1 aromatic carbocycles. The fraction of sp³-hybridized carbons (Fsp3) is 0.0714. The second kappa shape index (κ2) is 5.42. The van der Waals surface area contributed by atoms with Crippen LogP contribution in [0.2, 0.25) is 0 Å². The van der Waals surface area contributed by atoms with Crippen molar-refractivity contribution in [2.75, 3.05) is 17.7 Å². The molecule has 2 heterocycles. The molecule has 0 bridgehead atoms.